The highest BCUT2D eigenvalue weighted by atomic mass is 14.5. The van der Waals surface area contributed by atoms with Crippen LogP contribution >= 0.6 is 0 Å². The molecule has 0 N–H and O–H groups in total. The van der Waals surface area contributed by atoms with Crippen molar-refractivity contribution in [2.45, 2.75) is 31.6 Å². The summed E-state index contributed by atoms with van der Waals surface area (Å²) >= 11 is 0. The average Bonchev–Trinajstić information content (AvgIpc) is 2.83. The topological polar surface area (TPSA) is 0 Å². The van der Waals surface area contributed by atoms with E-state index in [1.807, 2.05) is 0 Å². The van der Waals surface area contributed by atoms with Crippen molar-refractivity contribution in [2.24, 2.45) is 11.8 Å². The van der Waals surface area contributed by atoms with E-state index in [0.717, 1.165) is 17.8 Å². The minimum atomic E-state index is 0.923. The van der Waals surface area contributed by atoms with Crippen molar-refractivity contribution in [3.63, 3.8) is 0 Å². The van der Waals surface area contributed by atoms with E-state index in [2.05, 4.69) is 30.3 Å². The first-order chi connectivity index (χ1) is 6.45. The van der Waals surface area contributed by atoms with Crippen molar-refractivity contribution >= 4 is 0 Å². The molecule has 3 rings (SSSR count). The first-order valence-corrected chi connectivity index (χ1v) is 5.50. The molecule has 0 unspecified atom stereocenters. The van der Waals surface area contributed by atoms with Gasteiger partial charge in [-0.2, -0.15) is 0 Å². The van der Waals surface area contributed by atoms with Crippen LogP contribution in [0.1, 0.15) is 37.2 Å². The summed E-state index contributed by atoms with van der Waals surface area (Å²) in [5, 5.41) is 0. The van der Waals surface area contributed by atoms with Crippen LogP contribution in [0, 0.1) is 11.8 Å². The Bertz CT molecular complexity index is 284. The van der Waals surface area contributed by atoms with E-state index in [9.17, 15) is 0 Å². The molecule has 2 atom stereocenters. The Kier molecular flexibility index (Phi) is 1.68. The van der Waals surface area contributed by atoms with Crippen molar-refractivity contribution < 1.29 is 0 Å². The van der Waals surface area contributed by atoms with Crippen LogP contribution < -0.4 is 0 Å². The highest BCUT2D eigenvalue weighted by Gasteiger charge is 2.45. The van der Waals surface area contributed by atoms with Crippen LogP contribution in [0.2, 0.25) is 0 Å². The van der Waals surface area contributed by atoms with Gasteiger partial charge in [0.1, 0.15) is 0 Å². The predicted molar refractivity (Wildman–Crippen MR) is 54.6 cm³/mol. The van der Waals surface area contributed by atoms with E-state index in [1.54, 1.807) is 5.56 Å². The summed E-state index contributed by atoms with van der Waals surface area (Å²) in [5.74, 6) is 3.06. The number of hydrogen-bond acceptors (Lipinski definition) is 0. The molecule has 1 aromatic rings. The summed E-state index contributed by atoms with van der Waals surface area (Å²) in [4.78, 5) is 0. The zero-order valence-electron chi connectivity index (χ0n) is 7.95. The Hall–Kier alpha value is -0.780. The standard InChI is InChI=1S/C13H16/c1-2-5-10(6-3-1)12-9-13(12)11-7-4-8-11/h1-3,5-6,11-13H,4,7-9H2/t12-,13-/m0/s1. The Morgan fingerprint density at radius 2 is 1.77 bits per heavy atom. The quantitative estimate of drug-likeness (QED) is 0.639. The van der Waals surface area contributed by atoms with E-state index in [1.165, 1.54) is 25.7 Å². The molecule has 1 aromatic carbocycles. The number of hydrogen-bond donors (Lipinski definition) is 0. The number of rotatable bonds is 2. The van der Waals surface area contributed by atoms with Gasteiger partial charge in [0.15, 0.2) is 0 Å². The molecule has 0 aromatic heterocycles. The Labute approximate surface area is 80.0 Å². The minimum Gasteiger partial charge on any atom is -0.0622 e. The van der Waals surface area contributed by atoms with Crippen LogP contribution in [0.5, 0.6) is 0 Å². The van der Waals surface area contributed by atoms with Gasteiger partial charge in [0.05, 0.1) is 0 Å². The molecule has 2 aliphatic carbocycles. The van der Waals surface area contributed by atoms with Crippen molar-refractivity contribution in [3.8, 4) is 0 Å². The minimum absolute atomic E-state index is 0.923. The molecule has 0 bridgehead atoms. The lowest BCUT2D eigenvalue weighted by Crippen LogP contribution is -2.13. The second-order valence-corrected chi connectivity index (χ2v) is 4.61. The molecule has 2 saturated carbocycles. The van der Waals surface area contributed by atoms with Gasteiger partial charge in [0.2, 0.25) is 0 Å². The smallest absolute Gasteiger partial charge is 0.0128 e. The van der Waals surface area contributed by atoms with E-state index in [0.29, 0.717) is 0 Å². The summed E-state index contributed by atoms with van der Waals surface area (Å²) in [6.07, 6.45) is 5.97. The maximum Gasteiger partial charge on any atom is -0.0128 e. The zero-order valence-corrected chi connectivity index (χ0v) is 7.95. The fourth-order valence-corrected chi connectivity index (χ4v) is 2.69. The van der Waals surface area contributed by atoms with Gasteiger partial charge in [0, 0.05) is 0 Å². The maximum atomic E-state index is 2.29. The second kappa shape index (κ2) is 2.87. The fraction of sp³-hybridized carbons (Fsp3) is 0.538. The van der Waals surface area contributed by atoms with Crippen LogP contribution in [-0.4, -0.2) is 0 Å². The summed E-state index contributed by atoms with van der Waals surface area (Å²) in [6, 6.07) is 11.0. The van der Waals surface area contributed by atoms with Gasteiger partial charge < -0.3 is 0 Å². The Morgan fingerprint density at radius 3 is 2.38 bits per heavy atom. The SMILES string of the molecule is c1ccc([C@@H]2C[C@H]2C2CCC2)cc1. The van der Waals surface area contributed by atoms with Crippen LogP contribution in [0.15, 0.2) is 30.3 Å². The van der Waals surface area contributed by atoms with Crippen LogP contribution in [0.4, 0.5) is 0 Å². The molecular formula is C13H16. The predicted octanol–water partition coefficient (Wildman–Crippen LogP) is 3.59. The van der Waals surface area contributed by atoms with Gasteiger partial charge in [-0.15, -0.1) is 0 Å². The molecule has 68 valence electrons. The van der Waals surface area contributed by atoms with Crippen LogP contribution in [0.25, 0.3) is 0 Å². The van der Waals surface area contributed by atoms with Gasteiger partial charge >= 0.3 is 0 Å². The summed E-state index contributed by atoms with van der Waals surface area (Å²) in [5.41, 5.74) is 1.58. The van der Waals surface area contributed by atoms with E-state index >= 15 is 0 Å². The highest BCUT2D eigenvalue weighted by Crippen LogP contribution is 2.56. The van der Waals surface area contributed by atoms with Crippen molar-refractivity contribution in [2.75, 3.05) is 0 Å². The van der Waals surface area contributed by atoms with Gasteiger partial charge in [-0.25, -0.2) is 0 Å². The molecule has 0 amide bonds. The third-order valence-electron chi connectivity index (χ3n) is 3.82. The molecule has 0 heteroatoms. The molecule has 13 heavy (non-hydrogen) atoms. The first kappa shape index (κ1) is 7.61. The van der Waals surface area contributed by atoms with Crippen molar-refractivity contribution in [1.82, 2.24) is 0 Å². The molecule has 0 heterocycles. The summed E-state index contributed by atoms with van der Waals surface area (Å²) in [7, 11) is 0. The fourth-order valence-electron chi connectivity index (χ4n) is 2.69. The Morgan fingerprint density at radius 1 is 1.00 bits per heavy atom. The summed E-state index contributed by atoms with van der Waals surface area (Å²) < 4.78 is 0. The molecule has 0 saturated heterocycles. The Balaban J connectivity index is 1.69. The van der Waals surface area contributed by atoms with Gasteiger partial charge in [-0.05, 0) is 29.7 Å². The van der Waals surface area contributed by atoms with Gasteiger partial charge in [-0.1, -0.05) is 49.6 Å². The lowest BCUT2D eigenvalue weighted by molar-refractivity contribution is 0.273. The average molecular weight is 172 g/mol. The normalized spacial score (nSPS) is 32.6. The lowest BCUT2D eigenvalue weighted by Gasteiger charge is -2.25. The second-order valence-electron chi connectivity index (χ2n) is 4.61. The highest BCUT2D eigenvalue weighted by molar-refractivity contribution is 5.26. The van der Waals surface area contributed by atoms with E-state index < -0.39 is 0 Å². The van der Waals surface area contributed by atoms with Gasteiger partial charge in [-0.3, -0.25) is 0 Å². The molecular weight excluding hydrogens is 156 g/mol. The molecule has 0 aliphatic heterocycles. The first-order valence-electron chi connectivity index (χ1n) is 5.50. The summed E-state index contributed by atoms with van der Waals surface area (Å²) in [6.45, 7) is 0. The lowest BCUT2D eigenvalue weighted by atomic mass is 9.80. The maximum absolute atomic E-state index is 2.29. The van der Waals surface area contributed by atoms with E-state index in [4.69, 9.17) is 0 Å². The monoisotopic (exact) mass is 172 g/mol. The molecule has 0 nitrogen and oxygen atoms in total. The third-order valence-corrected chi connectivity index (χ3v) is 3.82. The molecule has 2 fully saturated rings. The molecule has 0 spiro atoms. The zero-order chi connectivity index (χ0) is 8.67. The van der Waals surface area contributed by atoms with Crippen molar-refractivity contribution in [1.29, 1.82) is 0 Å². The van der Waals surface area contributed by atoms with Crippen molar-refractivity contribution in [3.05, 3.63) is 35.9 Å². The van der Waals surface area contributed by atoms with Crippen LogP contribution in [-0.2, 0) is 0 Å². The third kappa shape index (κ3) is 1.29. The van der Waals surface area contributed by atoms with E-state index in [-0.39, 0.29) is 0 Å². The molecule has 0 radical (unpaired) electrons. The number of benzene rings is 1. The van der Waals surface area contributed by atoms with Crippen LogP contribution in [0.3, 0.4) is 0 Å². The van der Waals surface area contributed by atoms with Gasteiger partial charge in [0.25, 0.3) is 0 Å². The molecule has 2 aliphatic rings. The largest absolute Gasteiger partial charge is 0.0622 e.